The summed E-state index contributed by atoms with van der Waals surface area (Å²) >= 11 is 11.2. The lowest BCUT2D eigenvalue weighted by Crippen LogP contribution is -1.95. The van der Waals surface area contributed by atoms with Gasteiger partial charge in [0.1, 0.15) is 0 Å². The Morgan fingerprint density at radius 3 is 2.75 bits per heavy atom. The summed E-state index contributed by atoms with van der Waals surface area (Å²) in [4.78, 5) is 5.93. The van der Waals surface area contributed by atoms with Gasteiger partial charge in [-0.2, -0.15) is 0 Å². The van der Waals surface area contributed by atoms with Crippen LogP contribution in [-0.2, 0) is 6.42 Å². The van der Waals surface area contributed by atoms with E-state index in [0.717, 1.165) is 16.5 Å². The highest BCUT2D eigenvalue weighted by molar-refractivity contribution is 9.09. The summed E-state index contributed by atoms with van der Waals surface area (Å²) in [6, 6.07) is 8.14. The van der Waals surface area contributed by atoms with Gasteiger partial charge < -0.3 is 0 Å². The molecule has 0 saturated carbocycles. The highest BCUT2D eigenvalue weighted by atomic mass is 79.9. The molecule has 2 heterocycles. The smallest absolute Gasteiger partial charge is 0.0931 e. The number of halogens is 2. The summed E-state index contributed by atoms with van der Waals surface area (Å²) in [7, 11) is 0. The summed E-state index contributed by atoms with van der Waals surface area (Å²) < 4.78 is 0.830. The van der Waals surface area contributed by atoms with Gasteiger partial charge in [0.15, 0.2) is 0 Å². The van der Waals surface area contributed by atoms with E-state index in [2.05, 4.69) is 39.1 Å². The van der Waals surface area contributed by atoms with Crippen molar-refractivity contribution in [1.82, 2.24) is 4.98 Å². The summed E-state index contributed by atoms with van der Waals surface area (Å²) in [5.74, 6) is 0. The fourth-order valence-electron chi connectivity index (χ4n) is 1.40. The number of alkyl halides is 1. The van der Waals surface area contributed by atoms with Crippen molar-refractivity contribution in [3.8, 4) is 0 Å². The molecule has 0 fully saturated rings. The molecule has 0 saturated heterocycles. The van der Waals surface area contributed by atoms with Gasteiger partial charge in [-0.15, -0.1) is 11.3 Å². The van der Waals surface area contributed by atoms with Crippen molar-refractivity contribution in [3.05, 3.63) is 50.9 Å². The van der Waals surface area contributed by atoms with Crippen LogP contribution in [0.2, 0.25) is 4.34 Å². The Labute approximate surface area is 113 Å². The molecule has 2 rings (SSSR count). The fraction of sp³-hybridized carbons (Fsp3) is 0.250. The number of thiophene rings is 1. The van der Waals surface area contributed by atoms with E-state index in [4.69, 9.17) is 11.6 Å². The van der Waals surface area contributed by atoms with Gasteiger partial charge in [-0.05, 0) is 30.7 Å². The lowest BCUT2D eigenvalue weighted by molar-refractivity contribution is 0.917. The molecule has 0 radical (unpaired) electrons. The molecule has 0 aliphatic heterocycles. The van der Waals surface area contributed by atoms with Crippen molar-refractivity contribution in [2.75, 3.05) is 0 Å². The third kappa shape index (κ3) is 3.06. The second-order valence-corrected chi connectivity index (χ2v) is 6.49. The zero-order valence-corrected chi connectivity index (χ0v) is 11.9. The maximum Gasteiger partial charge on any atom is 0.0931 e. The lowest BCUT2D eigenvalue weighted by Gasteiger charge is -2.06. The van der Waals surface area contributed by atoms with Crippen LogP contribution in [-0.4, -0.2) is 4.98 Å². The zero-order valence-electron chi connectivity index (χ0n) is 8.78. The quantitative estimate of drug-likeness (QED) is 0.742. The molecule has 2 aromatic heterocycles. The highest BCUT2D eigenvalue weighted by Gasteiger charge is 2.11. The molecule has 1 atom stereocenters. The molecule has 0 aromatic carbocycles. The predicted molar refractivity (Wildman–Crippen MR) is 73.7 cm³/mol. The van der Waals surface area contributed by atoms with Gasteiger partial charge in [-0.3, -0.25) is 4.98 Å². The van der Waals surface area contributed by atoms with Crippen LogP contribution in [0.5, 0.6) is 0 Å². The van der Waals surface area contributed by atoms with E-state index in [1.54, 1.807) is 11.3 Å². The molecule has 0 aliphatic rings. The maximum absolute atomic E-state index is 5.91. The third-order valence-corrected chi connectivity index (χ3v) is 4.73. The maximum atomic E-state index is 5.91. The normalized spacial score (nSPS) is 12.7. The van der Waals surface area contributed by atoms with E-state index in [0.29, 0.717) is 4.83 Å². The van der Waals surface area contributed by atoms with E-state index in [-0.39, 0.29) is 0 Å². The Morgan fingerprint density at radius 1 is 1.38 bits per heavy atom. The standard InChI is InChI=1S/C12H11BrClNS/c1-8-2-3-9(15-7-8)6-10(13)11-4-5-12(14)16-11/h2-5,7,10H,6H2,1H3. The highest BCUT2D eigenvalue weighted by Crippen LogP contribution is 2.33. The Bertz CT molecular complexity index is 466. The molecule has 1 nitrogen and oxygen atoms in total. The number of hydrogen-bond acceptors (Lipinski definition) is 2. The molecule has 2 aromatic rings. The van der Waals surface area contributed by atoms with Gasteiger partial charge in [0, 0.05) is 23.2 Å². The molecule has 84 valence electrons. The van der Waals surface area contributed by atoms with E-state index in [9.17, 15) is 0 Å². The number of rotatable bonds is 3. The molecule has 0 bridgehead atoms. The van der Waals surface area contributed by atoms with Crippen molar-refractivity contribution in [2.45, 2.75) is 18.2 Å². The van der Waals surface area contributed by atoms with E-state index >= 15 is 0 Å². The Hall–Kier alpha value is -0.380. The zero-order chi connectivity index (χ0) is 11.5. The molecule has 1 unspecified atom stereocenters. The van der Waals surface area contributed by atoms with Crippen LogP contribution in [0, 0.1) is 6.92 Å². The number of aryl methyl sites for hydroxylation is 1. The van der Waals surface area contributed by atoms with Crippen LogP contribution in [0.4, 0.5) is 0 Å². The van der Waals surface area contributed by atoms with Gasteiger partial charge in [-0.1, -0.05) is 33.6 Å². The topological polar surface area (TPSA) is 12.9 Å². The summed E-state index contributed by atoms with van der Waals surface area (Å²) in [6.07, 6.45) is 2.79. The van der Waals surface area contributed by atoms with Crippen LogP contribution in [0.1, 0.15) is 21.0 Å². The minimum atomic E-state index is 0.292. The molecule has 0 amide bonds. The molecular weight excluding hydrogens is 306 g/mol. The fourth-order valence-corrected chi connectivity index (χ4v) is 3.20. The first-order chi connectivity index (χ1) is 7.65. The van der Waals surface area contributed by atoms with Crippen LogP contribution < -0.4 is 0 Å². The van der Waals surface area contributed by atoms with Gasteiger partial charge >= 0.3 is 0 Å². The van der Waals surface area contributed by atoms with Crippen molar-refractivity contribution in [3.63, 3.8) is 0 Å². The Morgan fingerprint density at radius 2 is 2.19 bits per heavy atom. The van der Waals surface area contributed by atoms with Crippen molar-refractivity contribution >= 4 is 38.9 Å². The minimum absolute atomic E-state index is 0.292. The van der Waals surface area contributed by atoms with Gasteiger partial charge in [0.05, 0.1) is 9.16 Å². The van der Waals surface area contributed by atoms with Crippen molar-refractivity contribution < 1.29 is 0 Å². The molecule has 16 heavy (non-hydrogen) atoms. The monoisotopic (exact) mass is 315 g/mol. The molecule has 0 N–H and O–H groups in total. The Balaban J connectivity index is 2.07. The summed E-state index contributed by atoms with van der Waals surface area (Å²) in [6.45, 7) is 2.04. The first kappa shape index (κ1) is 12.1. The predicted octanol–water partition coefficient (Wildman–Crippen LogP) is 4.78. The SMILES string of the molecule is Cc1ccc(CC(Br)c2ccc(Cl)s2)nc1. The third-order valence-electron chi connectivity index (χ3n) is 2.26. The first-order valence-corrected chi connectivity index (χ1v) is 7.07. The average Bonchev–Trinajstić information content (AvgIpc) is 2.68. The van der Waals surface area contributed by atoms with Crippen LogP contribution >= 0.6 is 38.9 Å². The van der Waals surface area contributed by atoms with Crippen LogP contribution in [0.3, 0.4) is 0 Å². The minimum Gasteiger partial charge on any atom is -0.261 e. The molecule has 0 spiro atoms. The van der Waals surface area contributed by atoms with Gasteiger partial charge in [0.25, 0.3) is 0 Å². The number of nitrogens with zero attached hydrogens (tertiary/aromatic N) is 1. The van der Waals surface area contributed by atoms with Crippen LogP contribution in [0.25, 0.3) is 0 Å². The second kappa shape index (κ2) is 5.30. The molecule has 0 aliphatic carbocycles. The lowest BCUT2D eigenvalue weighted by atomic mass is 10.2. The molecular formula is C12H11BrClNS. The Kier molecular flexibility index (Phi) is 4.00. The van der Waals surface area contributed by atoms with E-state index in [1.807, 2.05) is 19.2 Å². The van der Waals surface area contributed by atoms with E-state index < -0.39 is 0 Å². The largest absolute Gasteiger partial charge is 0.261 e. The summed E-state index contributed by atoms with van der Waals surface area (Å²) in [5.41, 5.74) is 2.28. The van der Waals surface area contributed by atoms with E-state index in [1.165, 1.54) is 10.4 Å². The number of pyridine rings is 1. The van der Waals surface area contributed by atoms with Crippen molar-refractivity contribution in [2.24, 2.45) is 0 Å². The average molecular weight is 317 g/mol. The second-order valence-electron chi connectivity index (χ2n) is 3.64. The van der Waals surface area contributed by atoms with Crippen LogP contribution in [0.15, 0.2) is 30.5 Å². The molecule has 4 heteroatoms. The first-order valence-electron chi connectivity index (χ1n) is 4.96. The van der Waals surface area contributed by atoms with Gasteiger partial charge in [0.2, 0.25) is 0 Å². The van der Waals surface area contributed by atoms with Crippen molar-refractivity contribution in [1.29, 1.82) is 0 Å². The summed E-state index contributed by atoms with van der Waals surface area (Å²) in [5, 5.41) is 0. The van der Waals surface area contributed by atoms with Gasteiger partial charge in [-0.25, -0.2) is 0 Å². The number of hydrogen-bond donors (Lipinski definition) is 0. The number of aromatic nitrogens is 1.